The summed E-state index contributed by atoms with van der Waals surface area (Å²) in [4.78, 5) is 0. The van der Waals surface area contributed by atoms with Crippen LogP contribution in [-0.4, -0.2) is 26.9 Å². The first-order valence-corrected chi connectivity index (χ1v) is 7.67. The summed E-state index contributed by atoms with van der Waals surface area (Å²) < 4.78 is 11.3. The molecule has 1 rings (SSSR count). The van der Waals surface area contributed by atoms with Crippen molar-refractivity contribution in [3.8, 4) is 5.75 Å². The number of aryl methyl sites for hydroxylation is 2. The van der Waals surface area contributed by atoms with Crippen LogP contribution in [0.15, 0.2) is 12.1 Å². The summed E-state index contributed by atoms with van der Waals surface area (Å²) in [5, 5.41) is 3.60. The number of hydrogen-bond donors (Lipinski definition) is 1. The van der Waals surface area contributed by atoms with E-state index in [2.05, 4.69) is 59.0 Å². The van der Waals surface area contributed by atoms with Crippen molar-refractivity contribution in [2.24, 2.45) is 5.41 Å². The third kappa shape index (κ3) is 4.21. The Morgan fingerprint density at radius 2 is 1.71 bits per heavy atom. The SMILES string of the molecule is CCNC(c1cc(C)c(OC)cc1C)C(OC)C(C)(C)C. The molecule has 0 amide bonds. The molecule has 1 N–H and O–H groups in total. The van der Waals surface area contributed by atoms with Gasteiger partial charge in [-0.1, -0.05) is 33.8 Å². The topological polar surface area (TPSA) is 30.5 Å². The summed E-state index contributed by atoms with van der Waals surface area (Å²) in [6.07, 6.45) is 0.101. The predicted octanol–water partition coefficient (Wildman–Crippen LogP) is 4.02. The highest BCUT2D eigenvalue weighted by molar-refractivity contribution is 5.43. The van der Waals surface area contributed by atoms with Gasteiger partial charge in [-0.25, -0.2) is 0 Å². The quantitative estimate of drug-likeness (QED) is 0.859. The van der Waals surface area contributed by atoms with Crippen molar-refractivity contribution >= 4 is 0 Å². The van der Waals surface area contributed by atoms with E-state index in [0.29, 0.717) is 0 Å². The third-order valence-corrected chi connectivity index (χ3v) is 3.95. The minimum atomic E-state index is 0.0574. The average molecular weight is 293 g/mol. The fourth-order valence-corrected chi connectivity index (χ4v) is 2.96. The van der Waals surface area contributed by atoms with Crippen molar-refractivity contribution in [2.45, 2.75) is 53.7 Å². The molecule has 1 aromatic rings. The van der Waals surface area contributed by atoms with Crippen LogP contribution in [0.3, 0.4) is 0 Å². The van der Waals surface area contributed by atoms with E-state index in [1.165, 1.54) is 11.1 Å². The largest absolute Gasteiger partial charge is 0.496 e. The molecule has 3 nitrogen and oxygen atoms in total. The van der Waals surface area contributed by atoms with Gasteiger partial charge in [0.1, 0.15) is 5.75 Å². The van der Waals surface area contributed by atoms with Gasteiger partial charge in [-0.3, -0.25) is 0 Å². The van der Waals surface area contributed by atoms with E-state index in [1.54, 1.807) is 14.2 Å². The Kier molecular flexibility index (Phi) is 6.24. The molecule has 2 unspecified atom stereocenters. The minimum Gasteiger partial charge on any atom is -0.496 e. The molecule has 0 fully saturated rings. The summed E-state index contributed by atoms with van der Waals surface area (Å²) in [5.74, 6) is 0.941. The smallest absolute Gasteiger partial charge is 0.122 e. The lowest BCUT2D eigenvalue weighted by atomic mass is 9.80. The first-order chi connectivity index (χ1) is 9.76. The average Bonchev–Trinajstić information content (AvgIpc) is 2.39. The van der Waals surface area contributed by atoms with Gasteiger partial charge in [-0.15, -0.1) is 0 Å². The molecule has 0 aliphatic carbocycles. The van der Waals surface area contributed by atoms with Gasteiger partial charge in [-0.05, 0) is 48.6 Å². The second-order valence-corrected chi connectivity index (χ2v) is 6.74. The number of methoxy groups -OCH3 is 2. The Labute approximate surface area is 130 Å². The summed E-state index contributed by atoms with van der Waals surface area (Å²) in [6.45, 7) is 13.9. The lowest BCUT2D eigenvalue weighted by molar-refractivity contribution is -0.0117. The lowest BCUT2D eigenvalue weighted by Gasteiger charge is -2.37. The van der Waals surface area contributed by atoms with Crippen LogP contribution in [0.4, 0.5) is 0 Å². The molecule has 3 heteroatoms. The molecule has 0 heterocycles. The van der Waals surface area contributed by atoms with Crippen LogP contribution < -0.4 is 10.1 Å². The Hall–Kier alpha value is -1.06. The highest BCUT2D eigenvalue weighted by Gasteiger charge is 2.33. The molecule has 0 aliphatic heterocycles. The van der Waals surface area contributed by atoms with Crippen molar-refractivity contribution in [1.29, 1.82) is 0 Å². The van der Waals surface area contributed by atoms with Crippen molar-refractivity contribution in [1.82, 2.24) is 5.32 Å². The van der Waals surface area contributed by atoms with Crippen LogP contribution in [0.1, 0.15) is 50.4 Å². The van der Waals surface area contributed by atoms with Gasteiger partial charge in [0.25, 0.3) is 0 Å². The Bertz CT molecular complexity index is 463. The molecule has 2 atom stereocenters. The molecule has 21 heavy (non-hydrogen) atoms. The number of ether oxygens (including phenoxy) is 2. The summed E-state index contributed by atoms with van der Waals surface area (Å²) in [5.41, 5.74) is 3.73. The molecule has 1 aromatic carbocycles. The van der Waals surface area contributed by atoms with Crippen molar-refractivity contribution < 1.29 is 9.47 Å². The first-order valence-electron chi connectivity index (χ1n) is 7.67. The lowest BCUT2D eigenvalue weighted by Crippen LogP contribution is -2.41. The van der Waals surface area contributed by atoms with Gasteiger partial charge in [-0.2, -0.15) is 0 Å². The zero-order chi connectivity index (χ0) is 16.2. The zero-order valence-corrected chi connectivity index (χ0v) is 14.8. The van der Waals surface area contributed by atoms with Gasteiger partial charge in [0, 0.05) is 7.11 Å². The van der Waals surface area contributed by atoms with E-state index in [1.807, 2.05) is 0 Å². The maximum Gasteiger partial charge on any atom is 0.122 e. The fourth-order valence-electron chi connectivity index (χ4n) is 2.96. The van der Waals surface area contributed by atoms with E-state index >= 15 is 0 Å². The van der Waals surface area contributed by atoms with Crippen LogP contribution in [-0.2, 0) is 4.74 Å². The molecule has 0 radical (unpaired) electrons. The maximum atomic E-state index is 5.84. The van der Waals surface area contributed by atoms with Crippen LogP contribution in [0, 0.1) is 19.3 Å². The van der Waals surface area contributed by atoms with Gasteiger partial charge in [0.05, 0.1) is 19.3 Å². The van der Waals surface area contributed by atoms with Crippen LogP contribution in [0.25, 0.3) is 0 Å². The minimum absolute atomic E-state index is 0.0574. The molecule has 0 bridgehead atoms. The van der Waals surface area contributed by atoms with E-state index in [-0.39, 0.29) is 17.6 Å². The van der Waals surface area contributed by atoms with Gasteiger partial charge in [0.15, 0.2) is 0 Å². The van der Waals surface area contributed by atoms with E-state index in [4.69, 9.17) is 9.47 Å². The molecule has 0 spiro atoms. The van der Waals surface area contributed by atoms with Crippen LogP contribution in [0.2, 0.25) is 0 Å². The molecule has 0 saturated heterocycles. The number of rotatable bonds is 6. The fraction of sp³-hybridized carbons (Fsp3) is 0.667. The molecule has 0 aliphatic rings. The Morgan fingerprint density at radius 3 is 2.14 bits per heavy atom. The monoisotopic (exact) mass is 293 g/mol. The normalized spacial score (nSPS) is 14.9. The third-order valence-electron chi connectivity index (χ3n) is 3.95. The van der Waals surface area contributed by atoms with E-state index in [0.717, 1.165) is 17.9 Å². The number of hydrogen-bond acceptors (Lipinski definition) is 3. The van der Waals surface area contributed by atoms with Gasteiger partial charge >= 0.3 is 0 Å². The molecule has 0 saturated carbocycles. The summed E-state index contributed by atoms with van der Waals surface area (Å²) in [6, 6.07) is 4.51. The van der Waals surface area contributed by atoms with Crippen LogP contribution in [0.5, 0.6) is 5.75 Å². The highest BCUT2D eigenvalue weighted by atomic mass is 16.5. The Balaban J connectivity index is 3.31. The zero-order valence-electron chi connectivity index (χ0n) is 14.8. The van der Waals surface area contributed by atoms with E-state index < -0.39 is 0 Å². The van der Waals surface area contributed by atoms with E-state index in [9.17, 15) is 0 Å². The van der Waals surface area contributed by atoms with Gasteiger partial charge < -0.3 is 14.8 Å². The number of benzene rings is 1. The van der Waals surface area contributed by atoms with Crippen molar-refractivity contribution in [3.63, 3.8) is 0 Å². The van der Waals surface area contributed by atoms with Gasteiger partial charge in [0.2, 0.25) is 0 Å². The molecular weight excluding hydrogens is 262 g/mol. The Morgan fingerprint density at radius 1 is 1.10 bits per heavy atom. The van der Waals surface area contributed by atoms with Crippen LogP contribution >= 0.6 is 0 Å². The summed E-state index contributed by atoms with van der Waals surface area (Å²) >= 11 is 0. The molecule has 0 aromatic heterocycles. The number of nitrogens with one attached hydrogen (secondary N) is 1. The standard InChI is InChI=1S/C18H31NO2/c1-9-19-16(17(21-8)18(4,5)6)14-10-13(3)15(20-7)11-12(14)2/h10-11,16-17,19H,9H2,1-8H3. The summed E-state index contributed by atoms with van der Waals surface area (Å²) in [7, 11) is 3.52. The predicted molar refractivity (Wildman–Crippen MR) is 89.1 cm³/mol. The maximum absolute atomic E-state index is 5.84. The van der Waals surface area contributed by atoms with Crippen molar-refractivity contribution in [2.75, 3.05) is 20.8 Å². The number of likely N-dealkylation sites (N-methyl/N-ethyl adjacent to an activating group) is 1. The second-order valence-electron chi connectivity index (χ2n) is 6.74. The molecular formula is C18H31NO2. The second kappa shape index (κ2) is 7.28. The van der Waals surface area contributed by atoms with Crippen molar-refractivity contribution in [3.05, 3.63) is 28.8 Å². The first kappa shape index (κ1) is 18.0. The highest BCUT2D eigenvalue weighted by Crippen LogP contribution is 2.35. The molecule has 120 valence electrons.